The zero-order chi connectivity index (χ0) is 14.8. The quantitative estimate of drug-likeness (QED) is 0.884. The predicted molar refractivity (Wildman–Crippen MR) is 76.5 cm³/mol. The largest absolute Gasteiger partial charge is 0.495 e. The van der Waals surface area contributed by atoms with Gasteiger partial charge in [0.2, 0.25) is 0 Å². The maximum absolute atomic E-state index is 12.3. The maximum atomic E-state index is 12.3. The van der Waals surface area contributed by atoms with Gasteiger partial charge in [0, 0.05) is 6.42 Å². The van der Waals surface area contributed by atoms with Gasteiger partial charge in [-0.3, -0.25) is 4.72 Å². The van der Waals surface area contributed by atoms with E-state index in [2.05, 4.69) is 14.7 Å². The molecule has 0 spiro atoms. The molecule has 20 heavy (non-hydrogen) atoms. The van der Waals surface area contributed by atoms with Crippen molar-refractivity contribution in [3.63, 3.8) is 0 Å². The molecule has 1 heterocycles. The summed E-state index contributed by atoms with van der Waals surface area (Å²) in [7, 11) is -2.21. The second-order valence-electron chi connectivity index (χ2n) is 4.36. The van der Waals surface area contributed by atoms with E-state index in [9.17, 15) is 8.42 Å². The number of nitrogens with zero attached hydrogens (tertiary/aromatic N) is 1. The van der Waals surface area contributed by atoms with Crippen LogP contribution in [0.25, 0.3) is 0 Å². The minimum absolute atomic E-state index is 0.0397. The van der Waals surface area contributed by atoms with Crippen LogP contribution in [0.4, 0.5) is 5.69 Å². The first-order valence-electron chi connectivity index (χ1n) is 6.17. The van der Waals surface area contributed by atoms with E-state index in [1.165, 1.54) is 13.3 Å². The molecule has 0 radical (unpaired) electrons. The first kappa shape index (κ1) is 14.4. The highest BCUT2D eigenvalue weighted by molar-refractivity contribution is 7.92. The van der Waals surface area contributed by atoms with E-state index in [4.69, 9.17) is 4.74 Å². The number of aromatic nitrogens is 2. The fraction of sp³-hybridized carbons (Fsp3) is 0.308. The minimum Gasteiger partial charge on any atom is -0.495 e. The van der Waals surface area contributed by atoms with Crippen molar-refractivity contribution in [3.05, 3.63) is 35.8 Å². The third-order valence-corrected chi connectivity index (χ3v) is 4.10. The van der Waals surface area contributed by atoms with Crippen LogP contribution in [0.3, 0.4) is 0 Å². The molecule has 108 valence electrons. The van der Waals surface area contributed by atoms with Crippen molar-refractivity contribution in [3.8, 4) is 5.75 Å². The van der Waals surface area contributed by atoms with Crippen molar-refractivity contribution in [2.45, 2.75) is 25.3 Å². The highest BCUT2D eigenvalue weighted by Gasteiger charge is 2.19. The summed E-state index contributed by atoms with van der Waals surface area (Å²) in [6, 6.07) is 5.28. The van der Waals surface area contributed by atoms with Crippen molar-refractivity contribution >= 4 is 15.7 Å². The van der Waals surface area contributed by atoms with Crippen LogP contribution in [-0.4, -0.2) is 25.5 Å². The molecule has 6 nitrogen and oxygen atoms in total. The lowest BCUT2D eigenvalue weighted by atomic mass is 10.2. The normalized spacial score (nSPS) is 11.3. The Morgan fingerprint density at radius 3 is 2.75 bits per heavy atom. The topological polar surface area (TPSA) is 84.1 Å². The maximum Gasteiger partial charge on any atom is 0.279 e. The molecule has 0 unspecified atom stereocenters. The van der Waals surface area contributed by atoms with E-state index in [-0.39, 0.29) is 5.03 Å². The summed E-state index contributed by atoms with van der Waals surface area (Å²) in [5, 5.41) is 0.0397. The summed E-state index contributed by atoms with van der Waals surface area (Å²) in [6.07, 6.45) is 1.95. The monoisotopic (exact) mass is 295 g/mol. The predicted octanol–water partition coefficient (Wildman–Crippen LogP) is 2.09. The Hall–Kier alpha value is -2.02. The van der Waals surface area contributed by atoms with E-state index >= 15 is 0 Å². The molecule has 0 aliphatic carbocycles. The van der Waals surface area contributed by atoms with Crippen LogP contribution < -0.4 is 9.46 Å². The summed E-state index contributed by atoms with van der Waals surface area (Å²) in [6.45, 7) is 3.77. The zero-order valence-electron chi connectivity index (χ0n) is 11.6. The van der Waals surface area contributed by atoms with Gasteiger partial charge in [0.25, 0.3) is 10.0 Å². The SMILES string of the molecule is CCc1ncc(S(=O)(=O)Nc2cc(C)ccc2OC)[nH]1. The third-order valence-electron chi connectivity index (χ3n) is 2.83. The Morgan fingerprint density at radius 2 is 2.15 bits per heavy atom. The Kier molecular flexibility index (Phi) is 3.99. The summed E-state index contributed by atoms with van der Waals surface area (Å²) in [5.74, 6) is 1.09. The number of hydrogen-bond acceptors (Lipinski definition) is 4. The van der Waals surface area contributed by atoms with Gasteiger partial charge in [-0.25, -0.2) is 4.98 Å². The van der Waals surface area contributed by atoms with E-state index in [1.807, 2.05) is 19.9 Å². The van der Waals surface area contributed by atoms with E-state index in [0.29, 0.717) is 23.7 Å². The highest BCUT2D eigenvalue weighted by Crippen LogP contribution is 2.27. The lowest BCUT2D eigenvalue weighted by molar-refractivity contribution is 0.417. The molecule has 0 saturated heterocycles. The van der Waals surface area contributed by atoms with Crippen molar-refractivity contribution in [1.29, 1.82) is 0 Å². The van der Waals surface area contributed by atoms with Crippen LogP contribution in [0.15, 0.2) is 29.4 Å². The van der Waals surface area contributed by atoms with Gasteiger partial charge >= 0.3 is 0 Å². The van der Waals surface area contributed by atoms with Crippen LogP contribution in [0.1, 0.15) is 18.3 Å². The third kappa shape index (κ3) is 2.93. The molecule has 2 aromatic rings. The number of methoxy groups -OCH3 is 1. The van der Waals surface area contributed by atoms with Crippen LogP contribution in [0.5, 0.6) is 5.75 Å². The average molecular weight is 295 g/mol. The molecule has 2 N–H and O–H groups in total. The summed E-state index contributed by atoms with van der Waals surface area (Å²) in [4.78, 5) is 6.77. The van der Waals surface area contributed by atoms with Crippen LogP contribution in [0.2, 0.25) is 0 Å². The summed E-state index contributed by atoms with van der Waals surface area (Å²) in [5.41, 5.74) is 1.34. The number of sulfonamides is 1. The van der Waals surface area contributed by atoms with Crippen molar-refractivity contribution < 1.29 is 13.2 Å². The van der Waals surface area contributed by atoms with Gasteiger partial charge in [-0.2, -0.15) is 8.42 Å². The summed E-state index contributed by atoms with van der Waals surface area (Å²) >= 11 is 0. The Morgan fingerprint density at radius 1 is 1.40 bits per heavy atom. The molecule has 0 fully saturated rings. The molecule has 1 aromatic heterocycles. The van der Waals surface area contributed by atoms with Gasteiger partial charge in [-0.1, -0.05) is 13.0 Å². The van der Waals surface area contributed by atoms with Gasteiger partial charge in [0.15, 0.2) is 5.03 Å². The van der Waals surface area contributed by atoms with E-state index in [1.54, 1.807) is 12.1 Å². The Bertz CT molecular complexity index is 707. The van der Waals surface area contributed by atoms with Crippen molar-refractivity contribution in [2.75, 3.05) is 11.8 Å². The zero-order valence-corrected chi connectivity index (χ0v) is 12.4. The molecule has 0 saturated carbocycles. The van der Waals surface area contributed by atoms with E-state index < -0.39 is 10.0 Å². The molecule has 7 heteroatoms. The minimum atomic E-state index is -3.70. The van der Waals surface area contributed by atoms with Gasteiger partial charge in [0.05, 0.1) is 19.0 Å². The second-order valence-corrected chi connectivity index (χ2v) is 6.01. The summed E-state index contributed by atoms with van der Waals surface area (Å²) < 4.78 is 32.2. The second kappa shape index (κ2) is 5.54. The Labute approximate surface area is 118 Å². The first-order valence-corrected chi connectivity index (χ1v) is 7.66. The smallest absolute Gasteiger partial charge is 0.279 e. The standard InChI is InChI=1S/C13H17N3O3S/c1-4-12-14-8-13(15-12)20(17,18)16-10-7-9(2)5-6-11(10)19-3/h5-8,16H,4H2,1-3H3,(H,14,15). The lowest BCUT2D eigenvalue weighted by Gasteiger charge is -2.11. The number of aryl methyl sites for hydroxylation is 2. The molecule has 1 aromatic carbocycles. The fourth-order valence-electron chi connectivity index (χ4n) is 1.76. The van der Waals surface area contributed by atoms with Crippen LogP contribution in [-0.2, 0) is 16.4 Å². The number of rotatable bonds is 5. The molecular weight excluding hydrogens is 278 g/mol. The fourth-order valence-corrected chi connectivity index (χ4v) is 2.76. The number of H-pyrrole nitrogens is 1. The van der Waals surface area contributed by atoms with Crippen molar-refractivity contribution in [1.82, 2.24) is 9.97 Å². The number of anilines is 1. The molecule has 0 bridgehead atoms. The van der Waals surface area contributed by atoms with Gasteiger partial charge < -0.3 is 9.72 Å². The Balaban J connectivity index is 2.35. The van der Waals surface area contributed by atoms with Gasteiger partial charge in [-0.05, 0) is 24.6 Å². The van der Waals surface area contributed by atoms with Gasteiger partial charge in [-0.15, -0.1) is 0 Å². The number of aromatic amines is 1. The first-order chi connectivity index (χ1) is 9.46. The molecule has 2 rings (SSSR count). The number of ether oxygens (including phenoxy) is 1. The highest BCUT2D eigenvalue weighted by atomic mass is 32.2. The molecule has 0 atom stereocenters. The number of hydrogen-bond donors (Lipinski definition) is 2. The van der Waals surface area contributed by atoms with Crippen molar-refractivity contribution in [2.24, 2.45) is 0 Å². The molecule has 0 aliphatic rings. The molecular formula is C13H17N3O3S. The molecule has 0 amide bonds. The number of imidazole rings is 1. The average Bonchev–Trinajstić information content (AvgIpc) is 2.88. The van der Waals surface area contributed by atoms with E-state index in [0.717, 1.165) is 5.56 Å². The van der Waals surface area contributed by atoms with Gasteiger partial charge in [0.1, 0.15) is 11.6 Å². The molecule has 0 aliphatic heterocycles. The van der Waals surface area contributed by atoms with Crippen LogP contribution >= 0.6 is 0 Å². The lowest BCUT2D eigenvalue weighted by Crippen LogP contribution is -2.14. The number of nitrogens with one attached hydrogen (secondary N) is 2. The van der Waals surface area contributed by atoms with Crippen LogP contribution in [0, 0.1) is 6.92 Å². The number of benzene rings is 1.